The van der Waals surface area contributed by atoms with E-state index in [2.05, 4.69) is 35.6 Å². The molecule has 0 bridgehead atoms. The van der Waals surface area contributed by atoms with Gasteiger partial charge < -0.3 is 14.5 Å². The Morgan fingerprint density at radius 1 is 1.03 bits per heavy atom. The van der Waals surface area contributed by atoms with Crippen LogP contribution in [0.1, 0.15) is 23.6 Å². The van der Waals surface area contributed by atoms with E-state index in [4.69, 9.17) is 20.8 Å². The van der Waals surface area contributed by atoms with Gasteiger partial charge in [-0.2, -0.15) is 0 Å². The quantitative estimate of drug-likeness (QED) is 0.243. The lowest BCUT2D eigenvalue weighted by atomic mass is 9.95. The van der Waals surface area contributed by atoms with E-state index in [1.165, 1.54) is 10.8 Å². The number of hydrogen-bond acceptors (Lipinski definition) is 3. The summed E-state index contributed by atoms with van der Waals surface area (Å²) in [7, 11) is 1.63. The van der Waals surface area contributed by atoms with Gasteiger partial charge >= 0.3 is 0 Å². The lowest BCUT2D eigenvalue weighted by Crippen LogP contribution is -2.20. The topological polar surface area (TPSA) is 51.5 Å². The Kier molecular flexibility index (Phi) is 6.53. The Morgan fingerprint density at radius 2 is 1.78 bits per heavy atom. The average molecular weight is 496 g/mol. The number of amides is 1. The van der Waals surface area contributed by atoms with Crippen LogP contribution in [0.5, 0.6) is 5.75 Å². The summed E-state index contributed by atoms with van der Waals surface area (Å²) in [6.07, 6.45) is 3.39. The minimum absolute atomic E-state index is 0.200. The van der Waals surface area contributed by atoms with Crippen LogP contribution in [-0.4, -0.2) is 13.0 Å². The van der Waals surface area contributed by atoms with Crippen molar-refractivity contribution in [3.8, 4) is 16.9 Å². The highest BCUT2D eigenvalue weighted by atomic mass is 35.5. The van der Waals surface area contributed by atoms with Crippen molar-refractivity contribution in [3.63, 3.8) is 0 Å². The van der Waals surface area contributed by atoms with Crippen LogP contribution in [0, 0.1) is 6.92 Å². The lowest BCUT2D eigenvalue weighted by Gasteiger charge is -2.13. The molecule has 1 N–H and O–H groups in total. The molecular formula is C31H26ClNO3. The summed E-state index contributed by atoms with van der Waals surface area (Å²) in [5.41, 5.74) is 6.24. The van der Waals surface area contributed by atoms with Gasteiger partial charge in [-0.3, -0.25) is 4.79 Å². The number of methoxy groups -OCH3 is 1. The zero-order chi connectivity index (χ0) is 25.2. The molecular weight excluding hydrogens is 470 g/mol. The monoisotopic (exact) mass is 495 g/mol. The van der Waals surface area contributed by atoms with Gasteiger partial charge in [0, 0.05) is 39.7 Å². The van der Waals surface area contributed by atoms with E-state index >= 15 is 0 Å². The second kappa shape index (κ2) is 9.92. The van der Waals surface area contributed by atoms with Crippen LogP contribution in [0.15, 0.2) is 89.6 Å². The van der Waals surface area contributed by atoms with Crippen LogP contribution in [0.3, 0.4) is 0 Å². The van der Waals surface area contributed by atoms with Crippen LogP contribution < -0.4 is 10.1 Å². The van der Waals surface area contributed by atoms with Gasteiger partial charge in [0.1, 0.15) is 11.3 Å². The number of carbonyl (C=O) groups excluding carboxylic acids is 1. The highest BCUT2D eigenvalue weighted by Crippen LogP contribution is 2.41. The Labute approximate surface area is 215 Å². The van der Waals surface area contributed by atoms with Gasteiger partial charge in [-0.05, 0) is 59.5 Å². The molecule has 0 unspecified atom stereocenters. The number of allylic oxidation sites excluding steroid dienone is 1. The molecule has 0 aliphatic carbocycles. The van der Waals surface area contributed by atoms with Crippen molar-refractivity contribution in [3.05, 3.63) is 107 Å². The fourth-order valence-electron chi connectivity index (χ4n) is 4.60. The first-order chi connectivity index (χ1) is 17.5. The third-order valence-corrected chi connectivity index (χ3v) is 6.86. The van der Waals surface area contributed by atoms with E-state index in [0.29, 0.717) is 17.3 Å². The first-order valence-electron chi connectivity index (χ1n) is 11.7. The fraction of sp³-hybridized carbons (Fsp3) is 0.129. The number of rotatable bonds is 6. The van der Waals surface area contributed by atoms with E-state index in [-0.39, 0.29) is 5.91 Å². The van der Waals surface area contributed by atoms with E-state index < -0.39 is 0 Å². The number of fused-ring (bicyclic) bond motifs is 2. The van der Waals surface area contributed by atoms with Gasteiger partial charge in [-0.25, -0.2) is 0 Å². The lowest BCUT2D eigenvalue weighted by molar-refractivity contribution is -0.116. The van der Waals surface area contributed by atoms with Gasteiger partial charge in [0.05, 0.1) is 13.4 Å². The molecule has 0 saturated heterocycles. The van der Waals surface area contributed by atoms with Gasteiger partial charge in [0.15, 0.2) is 0 Å². The van der Waals surface area contributed by atoms with Crippen LogP contribution in [0.25, 0.3) is 38.4 Å². The molecule has 1 amide bonds. The number of furan rings is 1. The number of halogens is 1. The molecule has 4 nitrogen and oxygen atoms in total. The van der Waals surface area contributed by atoms with Crippen LogP contribution in [0.2, 0.25) is 5.02 Å². The molecule has 0 spiro atoms. The second-order valence-electron chi connectivity index (χ2n) is 8.81. The Bertz CT molecular complexity index is 1630. The van der Waals surface area contributed by atoms with Gasteiger partial charge in [0.25, 0.3) is 0 Å². The standard InChI is InChI=1S/C31H26ClNO3/c1-19(14-29(34)33-17-24-10-6-7-11-28(24)32)25-16-26-27(18-36-31(26)20(2)30(25)35-3)23-13-12-21-8-4-5-9-22(21)15-23/h4-16,18H,17H2,1-3H3,(H,33,34)/b19-14+. The zero-order valence-electron chi connectivity index (χ0n) is 20.4. The third kappa shape index (κ3) is 4.48. The maximum Gasteiger partial charge on any atom is 0.244 e. The van der Waals surface area contributed by atoms with Crippen molar-refractivity contribution in [1.82, 2.24) is 5.32 Å². The number of hydrogen-bond donors (Lipinski definition) is 1. The average Bonchev–Trinajstić information content (AvgIpc) is 3.32. The molecule has 5 heteroatoms. The number of ether oxygens (including phenoxy) is 1. The van der Waals surface area contributed by atoms with E-state index in [0.717, 1.165) is 44.4 Å². The van der Waals surface area contributed by atoms with Crippen molar-refractivity contribution in [2.24, 2.45) is 0 Å². The molecule has 0 saturated carbocycles. The summed E-state index contributed by atoms with van der Waals surface area (Å²) in [6.45, 7) is 4.24. The van der Waals surface area contributed by atoms with Crippen molar-refractivity contribution in [1.29, 1.82) is 0 Å². The number of aryl methyl sites for hydroxylation is 1. The predicted molar refractivity (Wildman–Crippen MR) is 147 cm³/mol. The maximum absolute atomic E-state index is 12.7. The molecule has 5 rings (SSSR count). The summed E-state index contributed by atoms with van der Waals surface area (Å²) in [6, 6.07) is 24.2. The Balaban J connectivity index is 1.52. The summed E-state index contributed by atoms with van der Waals surface area (Å²) < 4.78 is 11.8. The summed E-state index contributed by atoms with van der Waals surface area (Å²) in [5.74, 6) is 0.490. The largest absolute Gasteiger partial charge is 0.496 e. The molecule has 180 valence electrons. The summed E-state index contributed by atoms with van der Waals surface area (Å²) in [5, 5.41) is 6.88. The third-order valence-electron chi connectivity index (χ3n) is 6.49. The predicted octanol–water partition coefficient (Wildman–Crippen LogP) is 7.94. The van der Waals surface area contributed by atoms with Crippen molar-refractivity contribution >= 4 is 44.8 Å². The maximum atomic E-state index is 12.7. The molecule has 0 aliphatic heterocycles. The van der Waals surface area contributed by atoms with Crippen molar-refractivity contribution < 1.29 is 13.9 Å². The van der Waals surface area contributed by atoms with Gasteiger partial charge in [-0.1, -0.05) is 66.2 Å². The van der Waals surface area contributed by atoms with Crippen LogP contribution >= 0.6 is 11.6 Å². The molecule has 0 atom stereocenters. The normalized spacial score (nSPS) is 11.7. The minimum Gasteiger partial charge on any atom is -0.496 e. The van der Waals surface area contributed by atoms with Crippen LogP contribution in [0.4, 0.5) is 0 Å². The summed E-state index contributed by atoms with van der Waals surface area (Å²) >= 11 is 6.22. The Morgan fingerprint density at radius 3 is 2.56 bits per heavy atom. The first-order valence-corrected chi connectivity index (χ1v) is 12.1. The SMILES string of the molecule is COc1c(/C(C)=C/C(=O)NCc2ccccc2Cl)cc2c(-c3ccc4ccccc4c3)coc2c1C. The molecule has 36 heavy (non-hydrogen) atoms. The van der Waals surface area contributed by atoms with Crippen molar-refractivity contribution in [2.45, 2.75) is 20.4 Å². The molecule has 5 aromatic rings. The highest BCUT2D eigenvalue weighted by molar-refractivity contribution is 6.31. The molecule has 4 aromatic carbocycles. The smallest absolute Gasteiger partial charge is 0.244 e. The van der Waals surface area contributed by atoms with E-state index in [1.54, 1.807) is 19.4 Å². The summed E-state index contributed by atoms with van der Waals surface area (Å²) in [4.78, 5) is 12.7. The fourth-order valence-corrected chi connectivity index (χ4v) is 4.80. The molecule has 1 aromatic heterocycles. The number of nitrogens with one attached hydrogen (secondary N) is 1. The minimum atomic E-state index is -0.200. The van der Waals surface area contributed by atoms with Crippen molar-refractivity contribution in [2.75, 3.05) is 7.11 Å². The molecule has 0 aliphatic rings. The molecule has 0 fully saturated rings. The van der Waals surface area contributed by atoms with E-state index in [9.17, 15) is 4.79 Å². The number of benzene rings is 4. The van der Waals surface area contributed by atoms with Crippen LogP contribution in [-0.2, 0) is 11.3 Å². The zero-order valence-corrected chi connectivity index (χ0v) is 21.1. The van der Waals surface area contributed by atoms with E-state index in [1.807, 2.05) is 56.3 Å². The second-order valence-corrected chi connectivity index (χ2v) is 9.21. The number of carbonyl (C=O) groups is 1. The Hall–Kier alpha value is -4.02. The first kappa shape index (κ1) is 23.7. The molecule has 1 heterocycles. The highest BCUT2D eigenvalue weighted by Gasteiger charge is 2.19. The molecule has 0 radical (unpaired) electrons. The van der Waals surface area contributed by atoms with Gasteiger partial charge in [0.2, 0.25) is 5.91 Å². The van der Waals surface area contributed by atoms with Gasteiger partial charge in [-0.15, -0.1) is 0 Å².